The zero-order valence-corrected chi connectivity index (χ0v) is 10.2. The molecule has 0 aromatic heterocycles. The molecule has 0 aliphatic heterocycles. The van der Waals surface area contributed by atoms with Crippen LogP contribution in [0.3, 0.4) is 0 Å². The van der Waals surface area contributed by atoms with Crippen molar-refractivity contribution in [3.8, 4) is 11.5 Å². The van der Waals surface area contributed by atoms with E-state index in [2.05, 4.69) is 0 Å². The van der Waals surface area contributed by atoms with E-state index in [9.17, 15) is 15.0 Å². The van der Waals surface area contributed by atoms with Gasteiger partial charge in [-0.3, -0.25) is 0 Å². The lowest BCUT2D eigenvalue weighted by atomic mass is 9.97. The fourth-order valence-electron chi connectivity index (χ4n) is 1.89. The second-order valence-corrected chi connectivity index (χ2v) is 4.06. The van der Waals surface area contributed by atoms with Crippen LogP contribution in [0, 0.1) is 0 Å². The number of carboxylic acids is 1. The summed E-state index contributed by atoms with van der Waals surface area (Å²) in [5, 5.41) is 28.8. The maximum atomic E-state index is 11.0. The Morgan fingerprint density at radius 3 is 2.18 bits per heavy atom. The van der Waals surface area contributed by atoms with E-state index in [4.69, 9.17) is 5.11 Å². The Bertz CT molecular complexity index is 424. The summed E-state index contributed by atoms with van der Waals surface area (Å²) in [6.07, 6.45) is 2.61. The fraction of sp³-hybridized carbons (Fsp3) is 0.462. The van der Waals surface area contributed by atoms with Crippen molar-refractivity contribution in [3.05, 3.63) is 22.8 Å². The van der Waals surface area contributed by atoms with Crippen molar-refractivity contribution in [2.75, 3.05) is 0 Å². The summed E-state index contributed by atoms with van der Waals surface area (Å²) in [6.45, 7) is 3.86. The number of carboxylic acid groups (broad SMARTS) is 1. The van der Waals surface area contributed by atoms with Gasteiger partial charge in [0.15, 0.2) is 0 Å². The van der Waals surface area contributed by atoms with Crippen LogP contribution >= 0.6 is 0 Å². The molecule has 94 valence electrons. The lowest BCUT2D eigenvalue weighted by Crippen LogP contribution is -2.02. The number of carbonyl (C=O) groups is 1. The molecule has 0 aliphatic carbocycles. The van der Waals surface area contributed by atoms with Crippen molar-refractivity contribution in [3.63, 3.8) is 0 Å². The van der Waals surface area contributed by atoms with E-state index in [1.165, 1.54) is 6.07 Å². The van der Waals surface area contributed by atoms with Gasteiger partial charge in [-0.25, -0.2) is 4.79 Å². The van der Waals surface area contributed by atoms with E-state index in [-0.39, 0.29) is 17.1 Å². The number of hydrogen-bond donors (Lipinski definition) is 3. The van der Waals surface area contributed by atoms with Crippen molar-refractivity contribution in [1.82, 2.24) is 0 Å². The molecule has 0 heterocycles. The number of hydrogen-bond acceptors (Lipinski definition) is 3. The van der Waals surface area contributed by atoms with Gasteiger partial charge < -0.3 is 15.3 Å². The predicted molar refractivity (Wildman–Crippen MR) is 64.7 cm³/mol. The minimum absolute atomic E-state index is 0.0381. The molecule has 1 aromatic rings. The first kappa shape index (κ1) is 13.4. The molecule has 4 heteroatoms. The average molecular weight is 238 g/mol. The number of aromatic carboxylic acids is 1. The topological polar surface area (TPSA) is 77.8 Å². The standard InChI is InChI=1S/C13H18O4/c1-3-5-8-7-10(13(16)17)12(15)9(6-4-2)11(8)14/h7,14-15H,3-6H2,1-2H3,(H,16,17). The highest BCUT2D eigenvalue weighted by molar-refractivity contribution is 5.92. The van der Waals surface area contributed by atoms with E-state index < -0.39 is 5.97 Å². The maximum absolute atomic E-state index is 11.0. The van der Waals surface area contributed by atoms with Crippen molar-refractivity contribution in [1.29, 1.82) is 0 Å². The van der Waals surface area contributed by atoms with Gasteiger partial charge in [0.25, 0.3) is 0 Å². The number of rotatable bonds is 5. The highest BCUT2D eigenvalue weighted by atomic mass is 16.4. The summed E-state index contributed by atoms with van der Waals surface area (Å²) in [5.41, 5.74) is 0.803. The molecule has 0 spiro atoms. The Morgan fingerprint density at radius 1 is 1.12 bits per heavy atom. The molecule has 0 unspecified atom stereocenters. The van der Waals surface area contributed by atoms with Crippen LogP contribution in [-0.4, -0.2) is 21.3 Å². The summed E-state index contributed by atoms with van der Waals surface area (Å²) < 4.78 is 0. The Kier molecular flexibility index (Phi) is 4.37. The van der Waals surface area contributed by atoms with Gasteiger partial charge in [-0.05, 0) is 24.5 Å². The molecule has 0 saturated carbocycles. The van der Waals surface area contributed by atoms with Gasteiger partial charge in [-0.15, -0.1) is 0 Å². The van der Waals surface area contributed by atoms with Crippen LogP contribution in [0.25, 0.3) is 0 Å². The first-order chi connectivity index (χ1) is 8.02. The third-order valence-electron chi connectivity index (χ3n) is 2.70. The monoisotopic (exact) mass is 238 g/mol. The van der Waals surface area contributed by atoms with E-state index in [1.807, 2.05) is 13.8 Å². The number of benzene rings is 1. The smallest absolute Gasteiger partial charge is 0.339 e. The largest absolute Gasteiger partial charge is 0.507 e. The molecule has 3 N–H and O–H groups in total. The number of phenols is 2. The number of aryl methyl sites for hydroxylation is 1. The molecule has 0 amide bonds. The van der Waals surface area contributed by atoms with Gasteiger partial charge in [-0.2, -0.15) is 0 Å². The number of phenolic OH excluding ortho intramolecular Hbond substituents is 1. The third kappa shape index (κ3) is 2.70. The maximum Gasteiger partial charge on any atom is 0.339 e. The van der Waals surface area contributed by atoms with Gasteiger partial charge in [-0.1, -0.05) is 26.7 Å². The molecular weight excluding hydrogens is 220 g/mol. The average Bonchev–Trinajstić information content (AvgIpc) is 2.27. The highest BCUT2D eigenvalue weighted by Gasteiger charge is 2.19. The van der Waals surface area contributed by atoms with Gasteiger partial charge in [0.05, 0.1) is 0 Å². The van der Waals surface area contributed by atoms with Crippen molar-refractivity contribution in [2.45, 2.75) is 39.5 Å². The first-order valence-corrected chi connectivity index (χ1v) is 5.82. The zero-order valence-electron chi connectivity index (χ0n) is 10.2. The molecule has 0 radical (unpaired) electrons. The SMILES string of the molecule is CCCc1cc(C(=O)O)c(O)c(CCC)c1O. The molecule has 17 heavy (non-hydrogen) atoms. The minimum atomic E-state index is -1.17. The molecule has 1 aromatic carbocycles. The second-order valence-electron chi connectivity index (χ2n) is 4.06. The van der Waals surface area contributed by atoms with Crippen LogP contribution in [0.4, 0.5) is 0 Å². The molecule has 0 bridgehead atoms. The zero-order chi connectivity index (χ0) is 13.0. The van der Waals surface area contributed by atoms with Gasteiger partial charge in [0.1, 0.15) is 17.1 Å². The summed E-state index contributed by atoms with van der Waals surface area (Å²) in [7, 11) is 0. The van der Waals surface area contributed by atoms with Crippen molar-refractivity contribution < 1.29 is 20.1 Å². The fourth-order valence-corrected chi connectivity index (χ4v) is 1.89. The van der Waals surface area contributed by atoms with E-state index in [0.29, 0.717) is 24.0 Å². The van der Waals surface area contributed by atoms with Crippen LogP contribution < -0.4 is 0 Å². The van der Waals surface area contributed by atoms with Crippen LogP contribution in [0.5, 0.6) is 11.5 Å². The molecule has 0 fully saturated rings. The number of aromatic hydroxyl groups is 2. The highest BCUT2D eigenvalue weighted by Crippen LogP contribution is 2.35. The Morgan fingerprint density at radius 2 is 1.71 bits per heavy atom. The van der Waals surface area contributed by atoms with Gasteiger partial charge >= 0.3 is 5.97 Å². The van der Waals surface area contributed by atoms with Crippen LogP contribution in [0.15, 0.2) is 6.07 Å². The Balaban J connectivity index is 3.40. The normalized spacial score (nSPS) is 10.5. The quantitative estimate of drug-likeness (QED) is 0.737. The lowest BCUT2D eigenvalue weighted by molar-refractivity contribution is 0.0693. The van der Waals surface area contributed by atoms with Crippen molar-refractivity contribution >= 4 is 5.97 Å². The van der Waals surface area contributed by atoms with E-state index >= 15 is 0 Å². The minimum Gasteiger partial charge on any atom is -0.507 e. The molecule has 1 rings (SSSR count). The summed E-state index contributed by atoms with van der Waals surface area (Å²) in [4.78, 5) is 11.0. The van der Waals surface area contributed by atoms with Crippen LogP contribution in [0.2, 0.25) is 0 Å². The summed E-state index contributed by atoms with van der Waals surface area (Å²) in [5.74, 6) is -1.44. The molecule has 0 atom stereocenters. The van der Waals surface area contributed by atoms with E-state index in [1.54, 1.807) is 0 Å². The third-order valence-corrected chi connectivity index (χ3v) is 2.70. The molecule has 0 aliphatic rings. The Labute approximate surface area is 101 Å². The van der Waals surface area contributed by atoms with Gasteiger partial charge in [0, 0.05) is 5.56 Å². The molecule has 0 saturated heterocycles. The second kappa shape index (κ2) is 5.57. The van der Waals surface area contributed by atoms with E-state index in [0.717, 1.165) is 12.8 Å². The summed E-state index contributed by atoms with van der Waals surface area (Å²) in [6, 6.07) is 1.36. The van der Waals surface area contributed by atoms with Crippen LogP contribution in [0.1, 0.15) is 48.2 Å². The van der Waals surface area contributed by atoms with Crippen molar-refractivity contribution in [2.24, 2.45) is 0 Å². The Hall–Kier alpha value is -1.71. The summed E-state index contributed by atoms with van der Waals surface area (Å²) >= 11 is 0. The molecular formula is C13H18O4. The predicted octanol–water partition coefficient (Wildman–Crippen LogP) is 2.70. The molecule has 4 nitrogen and oxygen atoms in total. The van der Waals surface area contributed by atoms with Gasteiger partial charge in [0.2, 0.25) is 0 Å². The van der Waals surface area contributed by atoms with Crippen LogP contribution in [-0.2, 0) is 12.8 Å². The lowest BCUT2D eigenvalue weighted by Gasteiger charge is -2.13. The first-order valence-electron chi connectivity index (χ1n) is 5.82.